The Hall–Kier alpha value is -6.46. The van der Waals surface area contributed by atoms with E-state index in [2.05, 4.69) is 41.6 Å². The molecule has 1 aromatic heterocycles. The number of nitrogens with one attached hydrogen (secondary N) is 3. The van der Waals surface area contributed by atoms with Crippen molar-refractivity contribution in [2.24, 2.45) is 5.92 Å². The van der Waals surface area contributed by atoms with Gasteiger partial charge in [-0.25, -0.2) is 19.4 Å². The van der Waals surface area contributed by atoms with E-state index < -0.39 is 53.6 Å². The lowest BCUT2D eigenvalue weighted by Crippen LogP contribution is -2.53. The van der Waals surface area contributed by atoms with Crippen molar-refractivity contribution in [3.05, 3.63) is 95.4 Å². The molecule has 3 saturated heterocycles. The number of H-pyrrole nitrogens is 1. The minimum Gasteiger partial charge on any atom is -0.465 e. The van der Waals surface area contributed by atoms with E-state index in [1.165, 1.54) is 16.9 Å². The first-order valence-corrected chi connectivity index (χ1v) is 22.9. The number of aromatic amines is 1. The molecule has 1 spiro atoms. The van der Waals surface area contributed by atoms with Crippen LogP contribution in [-0.2, 0) is 29.2 Å². The third kappa shape index (κ3) is 8.45. The van der Waals surface area contributed by atoms with Crippen LogP contribution in [0.2, 0.25) is 0 Å². The summed E-state index contributed by atoms with van der Waals surface area (Å²) in [5.41, 5.74) is 6.23. The summed E-state index contributed by atoms with van der Waals surface area (Å²) < 4.78 is 17.1. The highest BCUT2D eigenvalue weighted by atomic mass is 16.7. The summed E-state index contributed by atoms with van der Waals surface area (Å²) in [4.78, 5) is 79.0. The summed E-state index contributed by atoms with van der Waals surface area (Å²) in [7, 11) is 1.21. The van der Waals surface area contributed by atoms with E-state index in [0.29, 0.717) is 30.0 Å². The lowest BCUT2D eigenvalue weighted by atomic mass is 9.71. The number of amides is 5. The molecule has 4 atom stereocenters. The van der Waals surface area contributed by atoms with E-state index in [-0.39, 0.29) is 44.0 Å². The molecule has 1 aliphatic carbocycles. The summed E-state index contributed by atoms with van der Waals surface area (Å²) in [5, 5.41) is 25.7. The van der Waals surface area contributed by atoms with Gasteiger partial charge < -0.3 is 49.8 Å². The smallest absolute Gasteiger partial charge is 0.413 e. The van der Waals surface area contributed by atoms with Gasteiger partial charge in [-0.3, -0.25) is 14.5 Å². The Morgan fingerprint density at radius 3 is 2.23 bits per heavy atom. The molecule has 17 heteroatoms. The van der Waals surface area contributed by atoms with Crippen LogP contribution < -0.4 is 15.5 Å². The van der Waals surface area contributed by atoms with Crippen molar-refractivity contribution >= 4 is 35.8 Å². The monoisotopic (exact) mass is 905 g/mol. The number of anilines is 1. The third-order valence-corrected chi connectivity index (χ3v) is 13.6. The summed E-state index contributed by atoms with van der Waals surface area (Å²) >= 11 is 0. The molecule has 3 fully saturated rings. The van der Waals surface area contributed by atoms with Crippen LogP contribution >= 0.6 is 0 Å². The normalized spacial score (nSPS) is 19.9. The van der Waals surface area contributed by atoms with Crippen LogP contribution in [0.25, 0.3) is 22.4 Å². The van der Waals surface area contributed by atoms with Gasteiger partial charge in [-0.2, -0.15) is 0 Å². The first-order chi connectivity index (χ1) is 31.7. The van der Waals surface area contributed by atoms with Crippen molar-refractivity contribution in [2.45, 2.75) is 108 Å². The lowest BCUT2D eigenvalue weighted by molar-refractivity contribution is -0.153. The predicted molar refractivity (Wildman–Crippen MR) is 244 cm³/mol. The van der Waals surface area contributed by atoms with E-state index in [4.69, 9.17) is 19.2 Å². The predicted octanol–water partition coefficient (Wildman–Crippen LogP) is 7.78. The molecule has 17 nitrogen and oxygen atoms in total. The maximum Gasteiger partial charge on any atom is 0.413 e. The molecule has 0 radical (unpaired) electrons. The third-order valence-electron chi connectivity index (χ3n) is 13.6. The second-order valence-electron chi connectivity index (χ2n) is 18.0. The molecule has 3 aromatic carbocycles. The zero-order valence-electron chi connectivity index (χ0n) is 38.0. The molecule has 350 valence electrons. The van der Waals surface area contributed by atoms with Crippen molar-refractivity contribution in [3.63, 3.8) is 0 Å². The standard InChI is InChI=1S/C49H59N7O10/c1-6-19-48(20-7-2)35-24-31(37-27-50-42(51-37)38-14-11-21-54(38)43(57)40(29(3)4)52-45(59)60)15-17-33(35)34-18-16-32(25-36(34)48)56(47(62)63)39-26-49(65-22-23-66-49)28-55(39)44(58)41(53-46(61)64-5)30-12-9-8-10-13-30/h8-10,12-13,15-18,24-25,27,29,38-41,52H,6-7,11,14,19-23,26,28H2,1-5H3,(H,50,51)(H,53,61)(H,59,60)(H,62,63)/t38-,39-,40-,41+/m0/s1. The van der Waals surface area contributed by atoms with Crippen LogP contribution in [0.4, 0.5) is 20.1 Å². The topological polar surface area (TPSA) is 216 Å². The van der Waals surface area contributed by atoms with E-state index in [9.17, 15) is 34.2 Å². The quantitative estimate of drug-likeness (QED) is 0.0823. The molecule has 0 unspecified atom stereocenters. The molecule has 0 bridgehead atoms. The zero-order valence-corrected chi connectivity index (χ0v) is 38.0. The maximum atomic E-state index is 14.8. The Balaban J connectivity index is 1.15. The number of carbonyl (C=O) groups excluding carboxylic acids is 3. The van der Waals surface area contributed by atoms with E-state index in [1.807, 2.05) is 32.0 Å². The number of carbonyl (C=O) groups is 5. The number of imidazole rings is 1. The maximum absolute atomic E-state index is 14.8. The number of benzene rings is 3. The van der Waals surface area contributed by atoms with E-state index in [1.54, 1.807) is 47.5 Å². The number of hydrogen-bond donors (Lipinski definition) is 5. The summed E-state index contributed by atoms with van der Waals surface area (Å²) in [6, 6.07) is 18.4. The van der Waals surface area contributed by atoms with Gasteiger partial charge >= 0.3 is 18.3 Å². The van der Waals surface area contributed by atoms with Gasteiger partial charge in [-0.15, -0.1) is 0 Å². The van der Waals surface area contributed by atoms with Gasteiger partial charge in [0.1, 0.15) is 24.1 Å². The minimum absolute atomic E-state index is 0.0387. The number of nitrogens with zero attached hydrogens (tertiary/aromatic N) is 4. The first-order valence-electron chi connectivity index (χ1n) is 22.9. The number of ether oxygens (including phenoxy) is 3. The van der Waals surface area contributed by atoms with Gasteiger partial charge in [0.05, 0.1) is 44.8 Å². The van der Waals surface area contributed by atoms with E-state index in [0.717, 1.165) is 65.6 Å². The molecule has 5 amide bonds. The number of fused-ring (bicyclic) bond motifs is 3. The minimum atomic E-state index is -1.27. The van der Waals surface area contributed by atoms with Crippen LogP contribution in [0.15, 0.2) is 72.9 Å². The lowest BCUT2D eigenvalue weighted by Gasteiger charge is -2.36. The van der Waals surface area contributed by atoms with Crippen molar-refractivity contribution in [1.29, 1.82) is 0 Å². The highest BCUT2D eigenvalue weighted by Crippen LogP contribution is 2.56. The second-order valence-corrected chi connectivity index (χ2v) is 18.0. The SMILES string of the molecule is CCCC1(CCC)c2cc(-c3cnc([C@@H]4CCCN4C(=O)[C@@H](NC(=O)O)C(C)C)[nH]3)ccc2-c2ccc(N(C(=O)O)[C@H]3CC4(CN3C(=O)[C@H](NC(=O)OC)c3ccccc3)OCCO4)cc21. The van der Waals surface area contributed by atoms with Crippen molar-refractivity contribution in [3.8, 4) is 22.4 Å². The molecule has 0 saturated carbocycles. The fraction of sp³-hybridized carbons (Fsp3) is 0.469. The molecule has 5 N–H and O–H groups in total. The number of likely N-dealkylation sites (tertiary alicyclic amines) is 2. The summed E-state index contributed by atoms with van der Waals surface area (Å²) in [5.74, 6) is -1.67. The average molecular weight is 906 g/mol. The Kier molecular flexibility index (Phi) is 13.1. The van der Waals surface area contributed by atoms with Crippen LogP contribution in [0.5, 0.6) is 0 Å². The van der Waals surface area contributed by atoms with Crippen LogP contribution in [0.3, 0.4) is 0 Å². The molecule has 3 aliphatic heterocycles. The molecule has 4 heterocycles. The zero-order chi connectivity index (χ0) is 46.9. The number of alkyl carbamates (subject to hydrolysis) is 1. The molecule has 4 aliphatic rings. The van der Waals surface area contributed by atoms with Gasteiger partial charge in [0, 0.05) is 24.1 Å². The van der Waals surface area contributed by atoms with Crippen molar-refractivity contribution in [1.82, 2.24) is 30.4 Å². The molecular weight excluding hydrogens is 847 g/mol. The molecule has 66 heavy (non-hydrogen) atoms. The summed E-state index contributed by atoms with van der Waals surface area (Å²) in [6.45, 7) is 8.92. The van der Waals surface area contributed by atoms with Crippen LogP contribution in [0, 0.1) is 5.92 Å². The van der Waals surface area contributed by atoms with E-state index >= 15 is 0 Å². The Morgan fingerprint density at radius 1 is 0.909 bits per heavy atom. The van der Waals surface area contributed by atoms with Gasteiger partial charge in [0.25, 0.3) is 5.91 Å². The van der Waals surface area contributed by atoms with Crippen LogP contribution in [0.1, 0.15) is 107 Å². The molecular formula is C49H59N7O10. The number of hydrogen-bond acceptors (Lipinski definition) is 9. The number of carboxylic acid groups (broad SMARTS) is 2. The number of methoxy groups -OCH3 is 1. The van der Waals surface area contributed by atoms with Crippen molar-refractivity contribution < 1.29 is 48.4 Å². The number of aromatic nitrogens is 2. The fourth-order valence-corrected chi connectivity index (χ4v) is 10.8. The van der Waals surface area contributed by atoms with Gasteiger partial charge in [0.2, 0.25) is 5.91 Å². The Morgan fingerprint density at radius 2 is 1.59 bits per heavy atom. The van der Waals surface area contributed by atoms with Crippen LogP contribution in [-0.4, -0.2) is 111 Å². The highest BCUT2D eigenvalue weighted by Gasteiger charge is 2.55. The Bertz CT molecular complexity index is 2460. The summed E-state index contributed by atoms with van der Waals surface area (Å²) in [6.07, 6.45) is 2.14. The molecule has 4 aromatic rings. The first kappa shape index (κ1) is 46.1. The molecule has 8 rings (SSSR count). The van der Waals surface area contributed by atoms with Gasteiger partial charge in [0.15, 0.2) is 5.79 Å². The largest absolute Gasteiger partial charge is 0.465 e. The average Bonchev–Trinajstić information content (AvgIpc) is 4.17. The van der Waals surface area contributed by atoms with Gasteiger partial charge in [-0.05, 0) is 83.2 Å². The Labute approximate surface area is 383 Å². The van der Waals surface area contributed by atoms with Crippen molar-refractivity contribution in [2.75, 3.05) is 38.3 Å². The second kappa shape index (κ2) is 18.8. The van der Waals surface area contributed by atoms with Gasteiger partial charge in [-0.1, -0.05) is 89.1 Å². The highest BCUT2D eigenvalue weighted by molar-refractivity contribution is 5.93. The fourth-order valence-electron chi connectivity index (χ4n) is 10.8. The number of rotatable bonds is 14.